The third-order valence-electron chi connectivity index (χ3n) is 6.89. The van der Waals surface area contributed by atoms with E-state index in [1.165, 1.54) is 12.1 Å². The Hall–Kier alpha value is -4.07. The molecule has 1 amide bonds. The standard InChI is InChI=1S/C33H35FN2O4/c1-22(2)31-30(33(40)35-26-11-7-4-8-12-26)29(23-9-5-3-6-10-23)32(24-13-15-25(34)16-14-24)36(31)19-17-27(38)21-28(39)18-20-37/h3-16,20,22,27-28,38-39H,17-19,21H2,1-2H3,(H,35,40)/t27-,28-/m1/s1. The quantitative estimate of drug-likeness (QED) is 0.180. The molecule has 0 bridgehead atoms. The fourth-order valence-corrected chi connectivity index (χ4v) is 5.13. The molecule has 0 aliphatic rings. The number of rotatable bonds is 12. The van der Waals surface area contributed by atoms with Crippen molar-refractivity contribution >= 4 is 17.9 Å². The Labute approximate surface area is 234 Å². The first-order valence-electron chi connectivity index (χ1n) is 13.5. The van der Waals surface area contributed by atoms with E-state index in [1.54, 1.807) is 12.1 Å². The van der Waals surface area contributed by atoms with Crippen molar-refractivity contribution in [2.24, 2.45) is 0 Å². The van der Waals surface area contributed by atoms with Gasteiger partial charge in [0.2, 0.25) is 0 Å². The Bertz CT molecular complexity index is 1420. The lowest BCUT2D eigenvalue weighted by Gasteiger charge is -2.20. The van der Waals surface area contributed by atoms with Crippen LogP contribution in [-0.4, -0.2) is 39.2 Å². The van der Waals surface area contributed by atoms with Crippen molar-refractivity contribution in [1.29, 1.82) is 0 Å². The Kier molecular flexibility index (Phi) is 9.64. The van der Waals surface area contributed by atoms with Gasteiger partial charge in [0.05, 0.1) is 23.5 Å². The van der Waals surface area contributed by atoms with Crippen LogP contribution in [0.2, 0.25) is 0 Å². The summed E-state index contributed by atoms with van der Waals surface area (Å²) in [6, 6.07) is 25.0. The number of nitrogens with zero attached hydrogens (tertiary/aromatic N) is 1. The number of aldehydes is 1. The lowest BCUT2D eigenvalue weighted by molar-refractivity contribution is -0.109. The van der Waals surface area contributed by atoms with E-state index in [4.69, 9.17) is 0 Å². The van der Waals surface area contributed by atoms with Crippen molar-refractivity contribution < 1.29 is 24.2 Å². The van der Waals surface area contributed by atoms with Gasteiger partial charge in [-0.2, -0.15) is 0 Å². The van der Waals surface area contributed by atoms with Gasteiger partial charge in [0.15, 0.2) is 0 Å². The molecule has 1 heterocycles. The zero-order chi connectivity index (χ0) is 28.6. The molecule has 0 unspecified atom stereocenters. The van der Waals surface area contributed by atoms with Gasteiger partial charge in [-0.25, -0.2) is 4.39 Å². The van der Waals surface area contributed by atoms with Crippen LogP contribution < -0.4 is 5.32 Å². The van der Waals surface area contributed by atoms with E-state index in [-0.39, 0.29) is 36.9 Å². The summed E-state index contributed by atoms with van der Waals surface area (Å²) in [5.74, 6) is -0.711. The first-order valence-corrected chi connectivity index (χ1v) is 13.5. The molecule has 0 radical (unpaired) electrons. The van der Waals surface area contributed by atoms with Crippen LogP contribution in [0.15, 0.2) is 84.9 Å². The summed E-state index contributed by atoms with van der Waals surface area (Å²) in [4.78, 5) is 24.8. The summed E-state index contributed by atoms with van der Waals surface area (Å²) in [7, 11) is 0. The Morgan fingerprint density at radius 3 is 2.12 bits per heavy atom. The molecule has 0 saturated heterocycles. The number of anilines is 1. The molecule has 0 aliphatic carbocycles. The Morgan fingerprint density at radius 2 is 1.52 bits per heavy atom. The average Bonchev–Trinajstić information content (AvgIpc) is 3.29. The molecule has 3 aromatic carbocycles. The van der Waals surface area contributed by atoms with E-state index in [9.17, 15) is 24.2 Å². The molecule has 40 heavy (non-hydrogen) atoms. The molecule has 6 nitrogen and oxygen atoms in total. The lowest BCUT2D eigenvalue weighted by atomic mass is 9.94. The van der Waals surface area contributed by atoms with Crippen LogP contribution >= 0.6 is 0 Å². The largest absolute Gasteiger partial charge is 0.393 e. The number of amides is 1. The van der Waals surface area contributed by atoms with Crippen LogP contribution in [0, 0.1) is 5.82 Å². The van der Waals surface area contributed by atoms with Gasteiger partial charge < -0.3 is 24.9 Å². The first-order chi connectivity index (χ1) is 19.3. The fourth-order valence-electron chi connectivity index (χ4n) is 5.13. The van der Waals surface area contributed by atoms with E-state index in [1.807, 2.05) is 79.1 Å². The predicted molar refractivity (Wildman–Crippen MR) is 156 cm³/mol. The number of para-hydroxylation sites is 1. The maximum Gasteiger partial charge on any atom is 0.258 e. The molecule has 208 valence electrons. The minimum Gasteiger partial charge on any atom is -0.393 e. The van der Waals surface area contributed by atoms with Crippen LogP contribution in [0.4, 0.5) is 10.1 Å². The number of benzene rings is 3. The Balaban J connectivity index is 1.92. The number of hydrogen-bond acceptors (Lipinski definition) is 4. The highest BCUT2D eigenvalue weighted by Crippen LogP contribution is 2.42. The van der Waals surface area contributed by atoms with Crippen molar-refractivity contribution in [3.63, 3.8) is 0 Å². The number of aliphatic hydroxyl groups is 2. The second-order valence-corrected chi connectivity index (χ2v) is 10.2. The van der Waals surface area contributed by atoms with E-state index in [0.717, 1.165) is 28.1 Å². The van der Waals surface area contributed by atoms with E-state index >= 15 is 0 Å². The smallest absolute Gasteiger partial charge is 0.258 e. The number of halogens is 1. The number of aromatic nitrogens is 1. The second-order valence-electron chi connectivity index (χ2n) is 10.2. The Morgan fingerprint density at radius 1 is 0.900 bits per heavy atom. The predicted octanol–water partition coefficient (Wildman–Crippen LogP) is 6.43. The zero-order valence-corrected chi connectivity index (χ0v) is 22.8. The monoisotopic (exact) mass is 542 g/mol. The van der Waals surface area contributed by atoms with Crippen molar-refractivity contribution in [2.45, 2.75) is 57.8 Å². The van der Waals surface area contributed by atoms with Crippen LogP contribution in [-0.2, 0) is 11.3 Å². The van der Waals surface area contributed by atoms with Gasteiger partial charge in [0, 0.05) is 29.9 Å². The van der Waals surface area contributed by atoms with Gasteiger partial charge in [-0.1, -0.05) is 62.4 Å². The normalized spacial score (nSPS) is 12.8. The third-order valence-corrected chi connectivity index (χ3v) is 6.89. The van der Waals surface area contributed by atoms with Crippen molar-refractivity contribution in [2.75, 3.05) is 5.32 Å². The van der Waals surface area contributed by atoms with Gasteiger partial charge in [-0.3, -0.25) is 4.79 Å². The topological polar surface area (TPSA) is 91.6 Å². The molecule has 0 aliphatic heterocycles. The van der Waals surface area contributed by atoms with Gasteiger partial charge in [-0.05, 0) is 66.3 Å². The molecule has 4 aromatic rings. The molecular formula is C33H35FN2O4. The number of carbonyl (C=O) groups excluding carboxylic acids is 2. The number of aliphatic hydroxyl groups excluding tert-OH is 2. The zero-order valence-electron chi connectivity index (χ0n) is 22.8. The number of nitrogens with one attached hydrogen (secondary N) is 1. The molecule has 1 aromatic heterocycles. The van der Waals surface area contributed by atoms with Crippen LogP contribution in [0.25, 0.3) is 22.4 Å². The first kappa shape index (κ1) is 28.9. The molecule has 4 rings (SSSR count). The maximum atomic E-state index is 14.0. The van der Waals surface area contributed by atoms with Crippen molar-refractivity contribution in [1.82, 2.24) is 4.57 Å². The van der Waals surface area contributed by atoms with E-state index in [2.05, 4.69) is 5.32 Å². The molecule has 3 N–H and O–H groups in total. The minimum atomic E-state index is -0.926. The second kappa shape index (κ2) is 13.3. The van der Waals surface area contributed by atoms with Crippen molar-refractivity contribution in [3.8, 4) is 22.4 Å². The molecular weight excluding hydrogens is 507 g/mol. The summed E-state index contributed by atoms with van der Waals surface area (Å²) < 4.78 is 16.0. The van der Waals surface area contributed by atoms with Gasteiger partial charge in [0.1, 0.15) is 12.1 Å². The average molecular weight is 543 g/mol. The van der Waals surface area contributed by atoms with Gasteiger partial charge in [0.25, 0.3) is 5.91 Å². The summed E-state index contributed by atoms with van der Waals surface area (Å²) >= 11 is 0. The summed E-state index contributed by atoms with van der Waals surface area (Å²) in [5.41, 5.74) is 5.00. The highest BCUT2D eigenvalue weighted by molar-refractivity contribution is 6.12. The molecule has 0 saturated carbocycles. The highest BCUT2D eigenvalue weighted by atomic mass is 19.1. The van der Waals surface area contributed by atoms with Crippen LogP contribution in [0.5, 0.6) is 0 Å². The highest BCUT2D eigenvalue weighted by Gasteiger charge is 2.30. The molecule has 2 atom stereocenters. The fraction of sp³-hybridized carbons (Fsp3) is 0.273. The third kappa shape index (κ3) is 6.73. The van der Waals surface area contributed by atoms with Crippen LogP contribution in [0.3, 0.4) is 0 Å². The lowest BCUT2D eigenvalue weighted by Crippen LogP contribution is -2.21. The van der Waals surface area contributed by atoms with Gasteiger partial charge >= 0.3 is 0 Å². The summed E-state index contributed by atoms with van der Waals surface area (Å²) in [6.45, 7) is 4.37. The molecule has 0 spiro atoms. The summed E-state index contributed by atoms with van der Waals surface area (Å²) in [5, 5.41) is 23.8. The SMILES string of the molecule is CC(C)c1c(C(=O)Nc2ccccc2)c(-c2ccccc2)c(-c2ccc(F)cc2)n1CC[C@@H](O)C[C@H](O)CC=O. The van der Waals surface area contributed by atoms with E-state index in [0.29, 0.717) is 24.1 Å². The van der Waals surface area contributed by atoms with E-state index < -0.39 is 12.2 Å². The van der Waals surface area contributed by atoms with Crippen molar-refractivity contribution in [3.05, 3.63) is 102 Å². The molecule has 7 heteroatoms. The summed E-state index contributed by atoms with van der Waals surface area (Å²) in [6.07, 6.45) is -0.843. The number of hydrogen-bond donors (Lipinski definition) is 3. The van der Waals surface area contributed by atoms with Gasteiger partial charge in [-0.15, -0.1) is 0 Å². The maximum absolute atomic E-state index is 14.0. The minimum absolute atomic E-state index is 0.0411. The molecule has 0 fully saturated rings. The van der Waals surface area contributed by atoms with Crippen LogP contribution in [0.1, 0.15) is 55.1 Å². The number of carbonyl (C=O) groups is 2.